The molecular formula is C14H17FN2O. The van der Waals surface area contributed by atoms with Crippen LogP contribution in [0.1, 0.15) is 25.0 Å². The van der Waals surface area contributed by atoms with Gasteiger partial charge in [-0.15, -0.1) is 0 Å². The van der Waals surface area contributed by atoms with E-state index in [-0.39, 0.29) is 18.0 Å². The summed E-state index contributed by atoms with van der Waals surface area (Å²) < 4.78 is 19.4. The zero-order chi connectivity index (χ0) is 13.1. The first-order valence-electron chi connectivity index (χ1n) is 6.15. The molecule has 1 aliphatic heterocycles. The van der Waals surface area contributed by atoms with Crippen LogP contribution in [-0.2, 0) is 11.3 Å². The van der Waals surface area contributed by atoms with Crippen molar-refractivity contribution in [1.82, 2.24) is 4.90 Å². The molecule has 0 aliphatic carbocycles. The molecule has 18 heavy (non-hydrogen) atoms. The Hall–Kier alpha value is -1.44. The molecule has 0 unspecified atom stereocenters. The topological polar surface area (TPSA) is 36.3 Å². The second-order valence-electron chi connectivity index (χ2n) is 4.87. The van der Waals surface area contributed by atoms with Crippen LogP contribution in [0, 0.1) is 17.1 Å². The number of hydrogen-bond acceptors (Lipinski definition) is 3. The summed E-state index contributed by atoms with van der Waals surface area (Å²) in [6.45, 7) is 6.23. The van der Waals surface area contributed by atoms with Crippen molar-refractivity contribution in [3.05, 3.63) is 35.1 Å². The molecule has 96 valence electrons. The smallest absolute Gasteiger partial charge is 0.129 e. The van der Waals surface area contributed by atoms with Gasteiger partial charge in [-0.25, -0.2) is 4.39 Å². The lowest BCUT2D eigenvalue weighted by atomic mass is 10.1. The summed E-state index contributed by atoms with van der Waals surface area (Å²) in [6, 6.07) is 6.59. The van der Waals surface area contributed by atoms with E-state index in [1.54, 1.807) is 12.1 Å². The van der Waals surface area contributed by atoms with Crippen molar-refractivity contribution in [2.24, 2.45) is 0 Å². The van der Waals surface area contributed by atoms with Crippen LogP contribution in [0.15, 0.2) is 18.2 Å². The molecule has 0 bridgehead atoms. The van der Waals surface area contributed by atoms with Crippen molar-refractivity contribution in [3.8, 4) is 6.07 Å². The molecule has 4 heteroatoms. The Balaban J connectivity index is 2.07. The van der Waals surface area contributed by atoms with Crippen molar-refractivity contribution < 1.29 is 9.13 Å². The van der Waals surface area contributed by atoms with Crippen molar-refractivity contribution in [3.63, 3.8) is 0 Å². The lowest BCUT2D eigenvalue weighted by Gasteiger charge is -2.35. The van der Waals surface area contributed by atoms with E-state index in [2.05, 4.69) is 4.90 Å². The van der Waals surface area contributed by atoms with Crippen LogP contribution in [0.5, 0.6) is 0 Å². The molecule has 1 aromatic rings. The molecule has 0 aromatic heterocycles. The number of ether oxygens (including phenoxy) is 1. The van der Waals surface area contributed by atoms with E-state index in [0.29, 0.717) is 17.7 Å². The minimum Gasteiger partial charge on any atom is -0.373 e. The van der Waals surface area contributed by atoms with Crippen LogP contribution >= 0.6 is 0 Å². The van der Waals surface area contributed by atoms with E-state index in [4.69, 9.17) is 10.00 Å². The Morgan fingerprint density at radius 3 is 2.61 bits per heavy atom. The van der Waals surface area contributed by atoms with E-state index < -0.39 is 0 Å². The number of benzene rings is 1. The fraction of sp³-hybridized carbons (Fsp3) is 0.500. The Morgan fingerprint density at radius 2 is 2.06 bits per heavy atom. The van der Waals surface area contributed by atoms with E-state index in [9.17, 15) is 4.39 Å². The summed E-state index contributed by atoms with van der Waals surface area (Å²) in [5.41, 5.74) is 0.996. The maximum absolute atomic E-state index is 13.8. The number of rotatable bonds is 2. The number of nitriles is 1. The minimum absolute atomic E-state index is 0.176. The van der Waals surface area contributed by atoms with Gasteiger partial charge < -0.3 is 4.74 Å². The number of hydrogen-bond donors (Lipinski definition) is 0. The zero-order valence-corrected chi connectivity index (χ0v) is 10.7. The average molecular weight is 248 g/mol. The third kappa shape index (κ3) is 3.06. The Labute approximate surface area is 107 Å². The average Bonchev–Trinajstić information content (AvgIpc) is 2.30. The van der Waals surface area contributed by atoms with Gasteiger partial charge in [0.15, 0.2) is 0 Å². The normalized spacial score (nSPS) is 24.8. The molecule has 0 radical (unpaired) electrons. The zero-order valence-electron chi connectivity index (χ0n) is 10.7. The van der Waals surface area contributed by atoms with Crippen molar-refractivity contribution in [2.75, 3.05) is 13.1 Å². The molecule has 3 nitrogen and oxygen atoms in total. The predicted molar refractivity (Wildman–Crippen MR) is 66.4 cm³/mol. The van der Waals surface area contributed by atoms with Crippen LogP contribution in [0.3, 0.4) is 0 Å². The summed E-state index contributed by atoms with van der Waals surface area (Å²) in [5.74, 6) is -0.305. The standard InChI is InChI=1S/C14H17FN2O/c1-10-7-17(8-11(2)18-10)9-13-4-3-12(6-16)5-14(13)15/h3-5,10-11H,7-9H2,1-2H3/t10-,11-/m1/s1. The van der Waals surface area contributed by atoms with Gasteiger partial charge in [0.2, 0.25) is 0 Å². The van der Waals surface area contributed by atoms with Crippen molar-refractivity contribution in [1.29, 1.82) is 5.26 Å². The third-order valence-corrected chi connectivity index (χ3v) is 3.07. The largest absolute Gasteiger partial charge is 0.373 e. The second kappa shape index (κ2) is 5.47. The maximum Gasteiger partial charge on any atom is 0.129 e. The first-order chi connectivity index (χ1) is 8.58. The summed E-state index contributed by atoms with van der Waals surface area (Å²) >= 11 is 0. The van der Waals surface area contributed by atoms with Crippen molar-refractivity contribution in [2.45, 2.75) is 32.6 Å². The quantitative estimate of drug-likeness (QED) is 0.805. The molecule has 1 saturated heterocycles. The monoisotopic (exact) mass is 248 g/mol. The molecule has 1 aliphatic rings. The minimum atomic E-state index is -0.305. The molecule has 1 fully saturated rings. The first kappa shape index (κ1) is 13.0. The van der Waals surface area contributed by atoms with Gasteiger partial charge in [0.1, 0.15) is 5.82 Å². The molecule has 0 N–H and O–H groups in total. The van der Waals surface area contributed by atoms with Gasteiger partial charge in [0.05, 0.1) is 23.8 Å². The summed E-state index contributed by atoms with van der Waals surface area (Å²) in [5, 5.41) is 8.70. The number of halogens is 1. The highest BCUT2D eigenvalue weighted by molar-refractivity contribution is 5.32. The van der Waals surface area contributed by atoms with Crippen molar-refractivity contribution >= 4 is 0 Å². The lowest BCUT2D eigenvalue weighted by Crippen LogP contribution is -2.44. The van der Waals surface area contributed by atoms with E-state index >= 15 is 0 Å². The van der Waals surface area contributed by atoms with Gasteiger partial charge in [-0.2, -0.15) is 5.26 Å². The molecule has 0 spiro atoms. The van der Waals surface area contributed by atoms with Gasteiger partial charge >= 0.3 is 0 Å². The van der Waals surface area contributed by atoms with Gasteiger partial charge in [0, 0.05) is 25.2 Å². The van der Waals surface area contributed by atoms with Crippen LogP contribution in [-0.4, -0.2) is 30.2 Å². The van der Waals surface area contributed by atoms with Gasteiger partial charge in [-0.05, 0) is 26.0 Å². The van der Waals surface area contributed by atoms with Gasteiger partial charge in [0.25, 0.3) is 0 Å². The first-order valence-corrected chi connectivity index (χ1v) is 6.15. The van der Waals surface area contributed by atoms with E-state index in [1.165, 1.54) is 6.07 Å². The Kier molecular flexibility index (Phi) is 3.95. The van der Waals surface area contributed by atoms with Gasteiger partial charge in [-0.1, -0.05) is 6.07 Å². The molecule has 0 saturated carbocycles. The van der Waals surface area contributed by atoms with Crippen LogP contribution < -0.4 is 0 Å². The van der Waals surface area contributed by atoms with E-state index in [1.807, 2.05) is 19.9 Å². The Morgan fingerprint density at radius 1 is 1.39 bits per heavy atom. The number of morpholine rings is 1. The van der Waals surface area contributed by atoms with Crippen LogP contribution in [0.2, 0.25) is 0 Å². The molecule has 0 amide bonds. The number of nitrogens with zero attached hydrogens (tertiary/aromatic N) is 2. The summed E-state index contributed by atoms with van der Waals surface area (Å²) in [7, 11) is 0. The highest BCUT2D eigenvalue weighted by Gasteiger charge is 2.22. The third-order valence-electron chi connectivity index (χ3n) is 3.07. The second-order valence-corrected chi connectivity index (χ2v) is 4.87. The molecule has 1 heterocycles. The summed E-state index contributed by atoms with van der Waals surface area (Å²) in [4.78, 5) is 2.18. The molecular weight excluding hydrogens is 231 g/mol. The lowest BCUT2D eigenvalue weighted by molar-refractivity contribution is -0.0707. The molecule has 1 aromatic carbocycles. The maximum atomic E-state index is 13.8. The van der Waals surface area contributed by atoms with E-state index in [0.717, 1.165) is 13.1 Å². The van der Waals surface area contributed by atoms with Gasteiger partial charge in [-0.3, -0.25) is 4.90 Å². The summed E-state index contributed by atoms with van der Waals surface area (Å²) in [6.07, 6.45) is 0.352. The fourth-order valence-electron chi connectivity index (χ4n) is 2.40. The fourth-order valence-corrected chi connectivity index (χ4v) is 2.40. The highest BCUT2D eigenvalue weighted by atomic mass is 19.1. The van der Waals surface area contributed by atoms with Crippen LogP contribution in [0.4, 0.5) is 4.39 Å². The highest BCUT2D eigenvalue weighted by Crippen LogP contribution is 2.17. The molecule has 2 rings (SSSR count). The Bertz CT molecular complexity index is 459. The van der Waals surface area contributed by atoms with Crippen LogP contribution in [0.25, 0.3) is 0 Å². The molecule has 2 atom stereocenters. The predicted octanol–water partition coefficient (Wildman–Crippen LogP) is 2.31. The SMILES string of the molecule is C[C@@H]1CN(Cc2ccc(C#N)cc2F)C[C@@H](C)O1.